The van der Waals surface area contributed by atoms with Gasteiger partial charge in [-0.3, -0.25) is 9.69 Å². The molecule has 1 fully saturated rings. The minimum absolute atomic E-state index is 0.0621. The lowest BCUT2D eigenvalue weighted by Gasteiger charge is -2.32. The number of rotatable bonds is 7. The summed E-state index contributed by atoms with van der Waals surface area (Å²) < 4.78 is 1.95. The number of nitrogens with zero attached hydrogens (tertiary/aromatic N) is 3. The number of carbonyl (C=O) groups excluding carboxylic acids is 1. The maximum atomic E-state index is 11.3. The van der Waals surface area contributed by atoms with Crippen LogP contribution in [-0.2, 0) is 17.8 Å². The Kier molecular flexibility index (Phi) is 6.45. The van der Waals surface area contributed by atoms with Crippen LogP contribution in [0, 0.1) is 0 Å². The number of hydrogen-bond donors (Lipinski definition) is 1. The van der Waals surface area contributed by atoms with Crippen molar-refractivity contribution in [1.82, 2.24) is 20.0 Å². The number of piperidine rings is 1. The zero-order valence-electron chi connectivity index (χ0n) is 15.9. The van der Waals surface area contributed by atoms with Gasteiger partial charge in [-0.2, -0.15) is 5.10 Å². The van der Waals surface area contributed by atoms with Gasteiger partial charge in [0.15, 0.2) is 0 Å². The van der Waals surface area contributed by atoms with Crippen LogP contribution in [0.3, 0.4) is 0 Å². The summed E-state index contributed by atoms with van der Waals surface area (Å²) >= 11 is 0. The number of likely N-dealkylation sites (tertiary alicyclic amines) is 1. The molecule has 26 heavy (non-hydrogen) atoms. The number of hydrogen-bond acceptors (Lipinski definition) is 3. The summed E-state index contributed by atoms with van der Waals surface area (Å²) in [5.41, 5.74) is 3.70. The molecule has 0 bridgehead atoms. The van der Waals surface area contributed by atoms with Crippen LogP contribution in [-0.4, -0.2) is 39.7 Å². The van der Waals surface area contributed by atoms with E-state index in [0.29, 0.717) is 0 Å². The molecule has 5 heteroatoms. The molecule has 2 aromatic rings. The Morgan fingerprint density at radius 1 is 1.27 bits per heavy atom. The molecule has 0 spiro atoms. The maximum Gasteiger partial charge on any atom is 0.217 e. The Balaban J connectivity index is 1.58. The number of amides is 1. The smallest absolute Gasteiger partial charge is 0.217 e. The van der Waals surface area contributed by atoms with Crippen molar-refractivity contribution < 1.29 is 4.79 Å². The van der Waals surface area contributed by atoms with E-state index in [9.17, 15) is 4.79 Å². The van der Waals surface area contributed by atoms with Gasteiger partial charge in [0.05, 0.1) is 11.9 Å². The Hall–Kier alpha value is -2.14. The second-order valence-corrected chi connectivity index (χ2v) is 7.34. The van der Waals surface area contributed by atoms with Crippen molar-refractivity contribution in [3.05, 3.63) is 47.8 Å². The van der Waals surface area contributed by atoms with Crippen molar-refractivity contribution in [1.29, 1.82) is 0 Å². The molecule has 1 aromatic heterocycles. The fourth-order valence-corrected chi connectivity index (χ4v) is 3.64. The molecule has 1 unspecified atom stereocenters. The van der Waals surface area contributed by atoms with E-state index < -0.39 is 0 Å². The standard InChI is InChI=1S/C21H30N4O/c1-3-4-6-18-8-10-21(11-9-18)25-15-19(13-22-25)14-24-12-5-7-20(16-24)23-17(2)26/h8-11,13,15,20H,3-7,12,14,16H2,1-2H3,(H,23,26). The molecule has 1 atom stereocenters. The molecule has 2 heterocycles. The van der Waals surface area contributed by atoms with Gasteiger partial charge in [-0.25, -0.2) is 4.68 Å². The molecule has 1 amide bonds. The minimum Gasteiger partial charge on any atom is -0.352 e. The van der Waals surface area contributed by atoms with Crippen LogP contribution >= 0.6 is 0 Å². The van der Waals surface area contributed by atoms with E-state index in [0.717, 1.165) is 44.6 Å². The molecule has 1 N–H and O–H groups in total. The summed E-state index contributed by atoms with van der Waals surface area (Å²) in [6.45, 7) is 6.69. The number of benzene rings is 1. The third-order valence-corrected chi connectivity index (χ3v) is 4.98. The van der Waals surface area contributed by atoms with Crippen LogP contribution in [0.2, 0.25) is 0 Å². The summed E-state index contributed by atoms with van der Waals surface area (Å²) in [6, 6.07) is 8.97. The molecule has 140 valence electrons. The van der Waals surface area contributed by atoms with Crippen LogP contribution in [0.15, 0.2) is 36.7 Å². The highest BCUT2D eigenvalue weighted by Crippen LogP contribution is 2.16. The first kappa shape index (κ1) is 18.6. The van der Waals surface area contributed by atoms with Gasteiger partial charge in [0.2, 0.25) is 5.91 Å². The Morgan fingerprint density at radius 2 is 2.08 bits per heavy atom. The Labute approximate surface area is 156 Å². The van der Waals surface area contributed by atoms with Gasteiger partial charge in [0, 0.05) is 37.8 Å². The summed E-state index contributed by atoms with van der Waals surface area (Å²) in [6.07, 6.45) is 9.86. The number of carbonyl (C=O) groups is 1. The molecule has 0 saturated carbocycles. The predicted molar refractivity (Wildman–Crippen MR) is 104 cm³/mol. The summed E-state index contributed by atoms with van der Waals surface area (Å²) in [5.74, 6) is 0.0621. The number of aryl methyl sites for hydroxylation is 1. The highest BCUT2D eigenvalue weighted by Gasteiger charge is 2.20. The normalized spacial score (nSPS) is 18.0. The summed E-state index contributed by atoms with van der Waals surface area (Å²) in [7, 11) is 0. The monoisotopic (exact) mass is 354 g/mol. The predicted octanol–water partition coefficient (Wildman–Crippen LogP) is 3.32. The molecule has 1 aromatic carbocycles. The van der Waals surface area contributed by atoms with Crippen molar-refractivity contribution in [3.63, 3.8) is 0 Å². The van der Waals surface area contributed by atoms with E-state index in [1.165, 1.54) is 24.0 Å². The largest absolute Gasteiger partial charge is 0.352 e. The van der Waals surface area contributed by atoms with Crippen molar-refractivity contribution in [2.75, 3.05) is 13.1 Å². The Bertz CT molecular complexity index is 707. The molecule has 3 rings (SSSR count). The number of nitrogens with one attached hydrogen (secondary N) is 1. The third kappa shape index (κ3) is 5.18. The lowest BCUT2D eigenvalue weighted by atomic mass is 10.1. The van der Waals surface area contributed by atoms with Crippen LogP contribution in [0.5, 0.6) is 0 Å². The van der Waals surface area contributed by atoms with Crippen LogP contribution in [0.25, 0.3) is 5.69 Å². The lowest BCUT2D eigenvalue weighted by Crippen LogP contribution is -2.46. The van der Waals surface area contributed by atoms with E-state index in [1.54, 1.807) is 6.92 Å². The first-order valence-corrected chi connectivity index (χ1v) is 9.76. The average molecular weight is 354 g/mol. The fourth-order valence-electron chi connectivity index (χ4n) is 3.64. The van der Waals surface area contributed by atoms with Crippen molar-refractivity contribution in [2.24, 2.45) is 0 Å². The highest BCUT2D eigenvalue weighted by atomic mass is 16.1. The van der Waals surface area contributed by atoms with Gasteiger partial charge in [-0.15, -0.1) is 0 Å². The minimum atomic E-state index is 0.0621. The maximum absolute atomic E-state index is 11.3. The van der Waals surface area contributed by atoms with Crippen LogP contribution in [0.4, 0.5) is 0 Å². The molecule has 5 nitrogen and oxygen atoms in total. The molecular formula is C21H30N4O. The van der Waals surface area contributed by atoms with Gasteiger partial charge in [-0.05, 0) is 49.9 Å². The quantitative estimate of drug-likeness (QED) is 0.830. The van der Waals surface area contributed by atoms with E-state index >= 15 is 0 Å². The van der Waals surface area contributed by atoms with Gasteiger partial charge in [-0.1, -0.05) is 25.5 Å². The first-order chi connectivity index (χ1) is 12.6. The lowest BCUT2D eigenvalue weighted by molar-refractivity contribution is -0.120. The molecule has 1 aliphatic rings. The van der Waals surface area contributed by atoms with Gasteiger partial charge >= 0.3 is 0 Å². The van der Waals surface area contributed by atoms with Gasteiger partial charge in [0.25, 0.3) is 0 Å². The molecule has 1 saturated heterocycles. The molecule has 0 radical (unpaired) electrons. The fraction of sp³-hybridized carbons (Fsp3) is 0.524. The molecule has 1 aliphatic heterocycles. The zero-order chi connectivity index (χ0) is 18.4. The SMILES string of the molecule is CCCCc1ccc(-n2cc(CN3CCCC(NC(C)=O)C3)cn2)cc1. The summed E-state index contributed by atoms with van der Waals surface area (Å²) in [5, 5.41) is 7.58. The average Bonchev–Trinajstić information content (AvgIpc) is 3.08. The van der Waals surface area contributed by atoms with Gasteiger partial charge in [0.1, 0.15) is 0 Å². The number of unbranched alkanes of at least 4 members (excludes halogenated alkanes) is 1. The van der Waals surface area contributed by atoms with Crippen LogP contribution in [0.1, 0.15) is 50.7 Å². The van der Waals surface area contributed by atoms with Crippen molar-refractivity contribution in [2.45, 2.75) is 58.5 Å². The van der Waals surface area contributed by atoms with E-state index in [1.807, 2.05) is 10.9 Å². The third-order valence-electron chi connectivity index (χ3n) is 4.98. The van der Waals surface area contributed by atoms with E-state index in [4.69, 9.17) is 0 Å². The van der Waals surface area contributed by atoms with Crippen molar-refractivity contribution >= 4 is 5.91 Å². The van der Waals surface area contributed by atoms with Gasteiger partial charge < -0.3 is 5.32 Å². The van der Waals surface area contributed by atoms with E-state index in [2.05, 4.69) is 52.7 Å². The number of aromatic nitrogens is 2. The van der Waals surface area contributed by atoms with Crippen molar-refractivity contribution in [3.8, 4) is 5.69 Å². The molecular weight excluding hydrogens is 324 g/mol. The highest BCUT2D eigenvalue weighted by molar-refractivity contribution is 5.73. The van der Waals surface area contributed by atoms with Crippen LogP contribution < -0.4 is 5.32 Å². The molecule has 0 aliphatic carbocycles. The van der Waals surface area contributed by atoms with E-state index in [-0.39, 0.29) is 11.9 Å². The second-order valence-electron chi connectivity index (χ2n) is 7.34. The zero-order valence-corrected chi connectivity index (χ0v) is 15.9. The first-order valence-electron chi connectivity index (χ1n) is 9.76. The summed E-state index contributed by atoms with van der Waals surface area (Å²) in [4.78, 5) is 13.7. The second kappa shape index (κ2) is 8.99. The Morgan fingerprint density at radius 3 is 2.81 bits per heavy atom. The topological polar surface area (TPSA) is 50.2 Å².